The van der Waals surface area contributed by atoms with Crippen LogP contribution in [-0.4, -0.2) is 21.3 Å². The molecule has 0 spiro atoms. The number of hydrogen-bond acceptors (Lipinski definition) is 3. The van der Waals surface area contributed by atoms with E-state index in [-0.39, 0.29) is 5.78 Å². The van der Waals surface area contributed by atoms with Crippen molar-refractivity contribution in [2.24, 2.45) is 0 Å². The number of halogens is 1. The number of nitrogens with zero attached hydrogens (tertiary/aromatic N) is 2. The number of ketones is 1. The molecule has 0 aliphatic carbocycles. The van der Waals surface area contributed by atoms with Gasteiger partial charge in [-0.1, -0.05) is 15.9 Å². The summed E-state index contributed by atoms with van der Waals surface area (Å²) in [4.78, 5) is 13.2. The molecule has 3 nitrogen and oxygen atoms in total. The molecule has 0 amide bonds. The first-order chi connectivity index (χ1) is 9.58. The Morgan fingerprint density at radius 2 is 2.05 bits per heavy atom. The van der Waals surface area contributed by atoms with Gasteiger partial charge in [0.15, 0.2) is 0 Å². The predicted octanol–water partition coefficient (Wildman–Crippen LogP) is 3.88. The molecule has 0 saturated heterocycles. The molecule has 2 aromatic rings. The highest BCUT2D eigenvalue weighted by atomic mass is 79.9. The summed E-state index contributed by atoms with van der Waals surface area (Å²) in [5.41, 5.74) is 1.97. The van der Waals surface area contributed by atoms with Gasteiger partial charge in [-0.3, -0.25) is 9.48 Å². The first-order valence-electron chi connectivity index (χ1n) is 6.52. The van der Waals surface area contributed by atoms with Crippen LogP contribution in [0.5, 0.6) is 0 Å². The summed E-state index contributed by atoms with van der Waals surface area (Å²) in [5, 5.41) is 4.36. The maximum Gasteiger partial charge on any atom is 0.149 e. The smallest absolute Gasteiger partial charge is 0.149 e. The lowest BCUT2D eigenvalue weighted by molar-refractivity contribution is -0.116. The van der Waals surface area contributed by atoms with Crippen LogP contribution in [0.15, 0.2) is 39.7 Å². The number of benzene rings is 1. The Morgan fingerprint density at radius 1 is 1.35 bits per heavy atom. The highest BCUT2D eigenvalue weighted by molar-refractivity contribution is 9.10. The van der Waals surface area contributed by atoms with Gasteiger partial charge < -0.3 is 0 Å². The quantitative estimate of drug-likeness (QED) is 0.740. The molecule has 0 fully saturated rings. The van der Waals surface area contributed by atoms with E-state index in [0.717, 1.165) is 27.3 Å². The lowest BCUT2D eigenvalue weighted by Crippen LogP contribution is -2.11. The number of hydrogen-bond donors (Lipinski definition) is 0. The van der Waals surface area contributed by atoms with Gasteiger partial charge in [0.2, 0.25) is 0 Å². The zero-order chi connectivity index (χ0) is 14.5. The fourth-order valence-electron chi connectivity index (χ4n) is 1.96. The lowest BCUT2D eigenvalue weighted by Gasteiger charge is -2.04. The van der Waals surface area contributed by atoms with Crippen LogP contribution in [0.2, 0.25) is 0 Å². The van der Waals surface area contributed by atoms with Gasteiger partial charge in [-0.25, -0.2) is 0 Å². The van der Waals surface area contributed by atoms with Crippen molar-refractivity contribution in [3.05, 3.63) is 46.2 Å². The predicted molar refractivity (Wildman–Crippen MR) is 86.2 cm³/mol. The van der Waals surface area contributed by atoms with Gasteiger partial charge in [0, 0.05) is 28.0 Å². The summed E-state index contributed by atoms with van der Waals surface area (Å²) >= 11 is 4.98. The van der Waals surface area contributed by atoms with Gasteiger partial charge in [0.05, 0.1) is 11.4 Å². The third-order valence-corrected chi connectivity index (χ3v) is 4.48. The van der Waals surface area contributed by atoms with Gasteiger partial charge in [0.1, 0.15) is 5.78 Å². The average Bonchev–Trinajstić information content (AvgIpc) is 2.78. The molecule has 0 aliphatic rings. The van der Waals surface area contributed by atoms with E-state index in [2.05, 4.69) is 21.0 Å². The highest BCUT2D eigenvalue weighted by Gasteiger charge is 2.10. The molecule has 20 heavy (non-hydrogen) atoms. The molecule has 5 heteroatoms. The van der Waals surface area contributed by atoms with Gasteiger partial charge in [-0.15, -0.1) is 11.8 Å². The third-order valence-electron chi connectivity index (χ3n) is 2.88. The Bertz CT molecular complexity index is 592. The SMILES string of the molecule is CCn1nc(C)cc1CC(=O)CSc1ccc(Br)cc1. The second-order valence-corrected chi connectivity index (χ2v) is 6.52. The van der Waals surface area contributed by atoms with E-state index in [1.54, 1.807) is 11.8 Å². The molecule has 0 bridgehead atoms. The van der Waals surface area contributed by atoms with Crippen LogP contribution in [0.25, 0.3) is 0 Å². The molecule has 106 valence electrons. The second-order valence-electron chi connectivity index (χ2n) is 4.55. The minimum atomic E-state index is 0.229. The number of aromatic nitrogens is 2. The molecule has 2 rings (SSSR count). The summed E-state index contributed by atoms with van der Waals surface area (Å²) in [6, 6.07) is 10.0. The van der Waals surface area contributed by atoms with Crippen LogP contribution >= 0.6 is 27.7 Å². The number of thioether (sulfide) groups is 1. The van der Waals surface area contributed by atoms with Crippen molar-refractivity contribution in [3.63, 3.8) is 0 Å². The standard InChI is InChI=1S/C15H17BrN2OS/c1-3-18-13(8-11(2)17-18)9-14(19)10-20-15-6-4-12(16)5-7-15/h4-8H,3,9-10H2,1-2H3. The Labute approximate surface area is 131 Å². The molecule has 1 aromatic carbocycles. The number of rotatable bonds is 6. The van der Waals surface area contributed by atoms with Crippen molar-refractivity contribution in [2.75, 3.05) is 5.75 Å². The maximum atomic E-state index is 12.1. The van der Waals surface area contributed by atoms with Crippen molar-refractivity contribution in [1.29, 1.82) is 0 Å². The molecule has 1 heterocycles. The fraction of sp³-hybridized carbons (Fsp3) is 0.333. The van der Waals surface area contributed by atoms with Crippen LogP contribution in [0.1, 0.15) is 18.3 Å². The van der Waals surface area contributed by atoms with Crippen molar-refractivity contribution in [3.8, 4) is 0 Å². The molecule has 0 atom stereocenters. The Morgan fingerprint density at radius 3 is 2.70 bits per heavy atom. The van der Waals surface area contributed by atoms with E-state index in [4.69, 9.17) is 0 Å². The molecular weight excluding hydrogens is 336 g/mol. The highest BCUT2D eigenvalue weighted by Crippen LogP contribution is 2.21. The number of carbonyl (C=O) groups excluding carboxylic acids is 1. The first kappa shape index (κ1) is 15.3. The van der Waals surface area contributed by atoms with Gasteiger partial charge in [-0.05, 0) is 44.2 Å². The Balaban J connectivity index is 1.90. The lowest BCUT2D eigenvalue weighted by atomic mass is 10.2. The minimum Gasteiger partial charge on any atom is -0.298 e. The summed E-state index contributed by atoms with van der Waals surface area (Å²) in [6.07, 6.45) is 0.457. The zero-order valence-corrected chi connectivity index (χ0v) is 14.0. The van der Waals surface area contributed by atoms with Crippen LogP contribution in [0.4, 0.5) is 0 Å². The number of Topliss-reactive ketones (excluding diaryl/α,β-unsaturated/α-hetero) is 1. The van der Waals surface area contributed by atoms with Gasteiger partial charge in [0.25, 0.3) is 0 Å². The monoisotopic (exact) mass is 352 g/mol. The normalized spacial score (nSPS) is 10.8. The van der Waals surface area contributed by atoms with E-state index >= 15 is 0 Å². The van der Waals surface area contributed by atoms with E-state index in [1.165, 1.54) is 0 Å². The molecule has 0 saturated carbocycles. The van der Waals surface area contributed by atoms with Crippen LogP contribution in [-0.2, 0) is 17.8 Å². The third kappa shape index (κ3) is 4.21. The van der Waals surface area contributed by atoms with Crippen molar-refractivity contribution in [2.45, 2.75) is 31.7 Å². The summed E-state index contributed by atoms with van der Waals surface area (Å²) in [7, 11) is 0. The van der Waals surface area contributed by atoms with Crippen LogP contribution in [0.3, 0.4) is 0 Å². The van der Waals surface area contributed by atoms with Crippen molar-refractivity contribution in [1.82, 2.24) is 9.78 Å². The van der Waals surface area contributed by atoms with Crippen LogP contribution < -0.4 is 0 Å². The summed E-state index contributed by atoms with van der Waals surface area (Å²) < 4.78 is 2.95. The van der Waals surface area contributed by atoms with E-state index in [9.17, 15) is 4.79 Å². The van der Waals surface area contributed by atoms with Crippen molar-refractivity contribution < 1.29 is 4.79 Å². The Hall–Kier alpha value is -1.07. The van der Waals surface area contributed by atoms with Gasteiger partial charge >= 0.3 is 0 Å². The largest absolute Gasteiger partial charge is 0.298 e. The molecule has 0 unspecified atom stereocenters. The molecule has 0 N–H and O–H groups in total. The topological polar surface area (TPSA) is 34.9 Å². The Kier molecular flexibility index (Phi) is 5.43. The van der Waals surface area contributed by atoms with E-state index in [1.807, 2.05) is 48.9 Å². The molecule has 1 aromatic heterocycles. The maximum absolute atomic E-state index is 12.1. The van der Waals surface area contributed by atoms with Gasteiger partial charge in [-0.2, -0.15) is 5.10 Å². The van der Waals surface area contributed by atoms with E-state index < -0.39 is 0 Å². The average molecular weight is 353 g/mol. The molecule has 0 aliphatic heterocycles. The first-order valence-corrected chi connectivity index (χ1v) is 8.29. The van der Waals surface area contributed by atoms with Crippen LogP contribution in [0, 0.1) is 6.92 Å². The zero-order valence-electron chi connectivity index (χ0n) is 11.6. The summed E-state index contributed by atoms with van der Waals surface area (Å²) in [6.45, 7) is 4.80. The fourth-order valence-corrected chi connectivity index (χ4v) is 2.99. The number of aryl methyl sites for hydroxylation is 2. The minimum absolute atomic E-state index is 0.229. The van der Waals surface area contributed by atoms with Crippen molar-refractivity contribution >= 4 is 33.5 Å². The second kappa shape index (κ2) is 7.09. The van der Waals surface area contributed by atoms with E-state index in [0.29, 0.717) is 12.2 Å². The molecular formula is C15H17BrN2OS. The summed E-state index contributed by atoms with van der Waals surface area (Å²) in [5.74, 6) is 0.725. The molecule has 0 radical (unpaired) electrons. The number of carbonyl (C=O) groups is 1.